The molecule has 0 saturated heterocycles. The molecule has 0 nitrogen and oxygen atoms in total. The smallest absolute Gasteiger partial charge is 0.0146 e. The van der Waals surface area contributed by atoms with Crippen LogP contribution in [-0.4, -0.2) is 0 Å². The summed E-state index contributed by atoms with van der Waals surface area (Å²) in [6.07, 6.45) is 9.32. The molecule has 0 aliphatic carbocycles. The summed E-state index contributed by atoms with van der Waals surface area (Å²) in [5.74, 6) is 6.97. The van der Waals surface area contributed by atoms with Crippen molar-refractivity contribution < 1.29 is 0 Å². The van der Waals surface area contributed by atoms with Crippen molar-refractivity contribution in [2.24, 2.45) is 5.92 Å². The highest BCUT2D eigenvalue weighted by atomic mass is 13.9. The maximum Gasteiger partial charge on any atom is 0.0146 e. The van der Waals surface area contributed by atoms with Crippen LogP contribution in [0.2, 0.25) is 0 Å². The van der Waals surface area contributed by atoms with E-state index in [0.717, 1.165) is 6.42 Å². The van der Waals surface area contributed by atoms with E-state index < -0.39 is 0 Å². The number of hydrogen-bond acceptors (Lipinski definition) is 0. The number of rotatable bonds is 6. The van der Waals surface area contributed by atoms with Crippen LogP contribution in [0.3, 0.4) is 0 Å². The van der Waals surface area contributed by atoms with Gasteiger partial charge in [0, 0.05) is 12.3 Å². The van der Waals surface area contributed by atoms with E-state index in [2.05, 4.69) is 32.6 Å². The second kappa shape index (κ2) is 9.65. The molecule has 0 fully saturated rings. The second-order valence-electron chi connectivity index (χ2n) is 3.99. The van der Waals surface area contributed by atoms with Crippen molar-refractivity contribution in [3.8, 4) is 11.8 Å². The van der Waals surface area contributed by atoms with Crippen molar-refractivity contribution in [1.82, 2.24) is 0 Å². The fourth-order valence-electron chi connectivity index (χ4n) is 1.27. The molecule has 0 amide bonds. The van der Waals surface area contributed by atoms with Crippen LogP contribution < -0.4 is 0 Å². The Hall–Kier alpha value is -0.440. The van der Waals surface area contributed by atoms with E-state index >= 15 is 0 Å². The van der Waals surface area contributed by atoms with Gasteiger partial charge in [-0.25, -0.2) is 0 Å². The van der Waals surface area contributed by atoms with Gasteiger partial charge in [-0.15, -0.1) is 11.8 Å². The summed E-state index contributed by atoms with van der Waals surface area (Å²) < 4.78 is 0. The van der Waals surface area contributed by atoms with Crippen LogP contribution in [-0.2, 0) is 0 Å². The molecule has 0 aromatic rings. The topological polar surface area (TPSA) is 0 Å². The van der Waals surface area contributed by atoms with E-state index in [-0.39, 0.29) is 0 Å². The molecule has 0 atom stereocenters. The predicted molar refractivity (Wildman–Crippen MR) is 60.6 cm³/mol. The van der Waals surface area contributed by atoms with Crippen LogP contribution in [0.1, 0.15) is 65.7 Å². The Morgan fingerprint density at radius 3 is 2.15 bits per heavy atom. The molecule has 0 spiro atoms. The van der Waals surface area contributed by atoms with E-state index in [0.29, 0.717) is 5.92 Å². The molecule has 0 aromatic heterocycles. The number of unbranched alkanes of at least 4 members (excludes halogenated alkanes) is 6. The summed E-state index contributed by atoms with van der Waals surface area (Å²) in [5.41, 5.74) is 0. The Labute approximate surface area is 84.1 Å². The first-order chi connectivity index (χ1) is 6.27. The first-order valence-electron chi connectivity index (χ1n) is 5.75. The molecular weight excluding hydrogens is 156 g/mol. The summed E-state index contributed by atoms with van der Waals surface area (Å²) in [7, 11) is 0. The minimum atomic E-state index is 0.542. The maximum absolute atomic E-state index is 3.23. The van der Waals surface area contributed by atoms with E-state index in [1.165, 1.54) is 38.5 Å². The Morgan fingerprint density at radius 2 is 1.54 bits per heavy atom. The normalized spacial score (nSPS) is 9.85. The van der Waals surface area contributed by atoms with E-state index in [1.807, 2.05) is 0 Å². The van der Waals surface area contributed by atoms with Crippen molar-refractivity contribution >= 4 is 0 Å². The molecule has 0 heterocycles. The van der Waals surface area contributed by atoms with Crippen molar-refractivity contribution in [2.75, 3.05) is 0 Å². The van der Waals surface area contributed by atoms with E-state index in [9.17, 15) is 0 Å². The third-order valence-electron chi connectivity index (χ3n) is 2.05. The lowest BCUT2D eigenvalue weighted by molar-refractivity contribution is 0.613. The van der Waals surface area contributed by atoms with Crippen LogP contribution in [0.15, 0.2) is 0 Å². The summed E-state index contributed by atoms with van der Waals surface area (Å²) in [6.45, 7) is 6.55. The van der Waals surface area contributed by atoms with Crippen LogP contribution >= 0.6 is 0 Å². The summed E-state index contributed by atoms with van der Waals surface area (Å²) >= 11 is 0. The molecule has 0 N–H and O–H groups in total. The van der Waals surface area contributed by atoms with Gasteiger partial charge >= 0.3 is 0 Å². The van der Waals surface area contributed by atoms with Gasteiger partial charge < -0.3 is 0 Å². The van der Waals surface area contributed by atoms with Crippen molar-refractivity contribution in [3.05, 3.63) is 0 Å². The molecule has 0 heteroatoms. The Morgan fingerprint density at radius 1 is 0.923 bits per heavy atom. The Kier molecular flexibility index (Phi) is 9.32. The second-order valence-corrected chi connectivity index (χ2v) is 3.99. The Balaban J connectivity index is 3.05. The van der Waals surface area contributed by atoms with E-state index in [1.54, 1.807) is 0 Å². The third kappa shape index (κ3) is 11.6. The predicted octanol–water partition coefficient (Wildman–Crippen LogP) is 4.40. The van der Waals surface area contributed by atoms with Crippen molar-refractivity contribution in [2.45, 2.75) is 65.7 Å². The quantitative estimate of drug-likeness (QED) is 0.420. The van der Waals surface area contributed by atoms with Gasteiger partial charge in [-0.3, -0.25) is 0 Å². The van der Waals surface area contributed by atoms with Crippen LogP contribution in [0.4, 0.5) is 0 Å². The summed E-state index contributed by atoms with van der Waals surface area (Å²) in [6, 6.07) is 0. The zero-order valence-electron chi connectivity index (χ0n) is 9.53. The minimum absolute atomic E-state index is 0.542. The average molecular weight is 180 g/mol. The Bertz CT molecular complexity index is 145. The molecule has 0 aliphatic rings. The van der Waals surface area contributed by atoms with Gasteiger partial charge in [0.05, 0.1) is 0 Å². The molecule has 0 aliphatic heterocycles. The monoisotopic (exact) mass is 180 g/mol. The maximum atomic E-state index is 3.23. The van der Waals surface area contributed by atoms with Gasteiger partial charge in [0.15, 0.2) is 0 Å². The standard InChI is InChI=1S/C13H24/c1-4-5-6-7-8-9-10-11-12-13(2)3/h13H,4-10H2,1-3H3. The van der Waals surface area contributed by atoms with Crippen LogP contribution in [0.25, 0.3) is 0 Å². The molecule has 0 rings (SSSR count). The van der Waals surface area contributed by atoms with Crippen molar-refractivity contribution in [1.29, 1.82) is 0 Å². The zero-order valence-corrected chi connectivity index (χ0v) is 9.53. The zero-order chi connectivity index (χ0) is 9.94. The molecule has 0 unspecified atom stereocenters. The largest absolute Gasteiger partial charge is 0.103 e. The molecule has 0 bridgehead atoms. The molecule has 0 saturated carbocycles. The molecular formula is C13H24. The molecule has 0 aromatic carbocycles. The first-order valence-corrected chi connectivity index (χ1v) is 5.75. The lowest BCUT2D eigenvalue weighted by Gasteiger charge is -1.96. The average Bonchev–Trinajstić information content (AvgIpc) is 2.09. The van der Waals surface area contributed by atoms with Crippen molar-refractivity contribution in [3.63, 3.8) is 0 Å². The SMILES string of the molecule is CCCCCCCCC#CC(C)C. The fourth-order valence-corrected chi connectivity index (χ4v) is 1.27. The molecule has 76 valence electrons. The number of hydrogen-bond donors (Lipinski definition) is 0. The van der Waals surface area contributed by atoms with Gasteiger partial charge in [0.25, 0.3) is 0 Å². The highest BCUT2D eigenvalue weighted by molar-refractivity contribution is 5.00. The highest BCUT2D eigenvalue weighted by Crippen LogP contribution is 2.06. The van der Waals surface area contributed by atoms with Gasteiger partial charge in [-0.2, -0.15) is 0 Å². The summed E-state index contributed by atoms with van der Waals surface area (Å²) in [5, 5.41) is 0. The minimum Gasteiger partial charge on any atom is -0.103 e. The van der Waals surface area contributed by atoms with E-state index in [4.69, 9.17) is 0 Å². The van der Waals surface area contributed by atoms with Gasteiger partial charge in [0.1, 0.15) is 0 Å². The van der Waals surface area contributed by atoms with Gasteiger partial charge in [0.2, 0.25) is 0 Å². The first kappa shape index (κ1) is 12.6. The fraction of sp³-hybridized carbons (Fsp3) is 0.846. The van der Waals surface area contributed by atoms with Crippen LogP contribution in [0, 0.1) is 17.8 Å². The van der Waals surface area contributed by atoms with Crippen LogP contribution in [0.5, 0.6) is 0 Å². The van der Waals surface area contributed by atoms with Gasteiger partial charge in [-0.1, -0.05) is 52.9 Å². The molecule has 0 radical (unpaired) electrons. The molecule has 13 heavy (non-hydrogen) atoms. The lowest BCUT2D eigenvalue weighted by Crippen LogP contribution is -1.80. The third-order valence-corrected chi connectivity index (χ3v) is 2.05. The summed E-state index contributed by atoms with van der Waals surface area (Å²) in [4.78, 5) is 0. The van der Waals surface area contributed by atoms with Gasteiger partial charge in [-0.05, 0) is 6.42 Å². The lowest BCUT2D eigenvalue weighted by atomic mass is 10.1. The highest BCUT2D eigenvalue weighted by Gasteiger charge is 1.88.